The van der Waals surface area contributed by atoms with Crippen LogP contribution in [0.3, 0.4) is 0 Å². The fourth-order valence-electron chi connectivity index (χ4n) is 6.01. The van der Waals surface area contributed by atoms with E-state index < -0.39 is 28.5 Å². The number of aryl methyl sites for hydroxylation is 2. The van der Waals surface area contributed by atoms with Gasteiger partial charge in [0.25, 0.3) is 10.0 Å². The molecule has 47 heavy (non-hydrogen) atoms. The van der Waals surface area contributed by atoms with Crippen molar-refractivity contribution in [3.63, 3.8) is 0 Å². The van der Waals surface area contributed by atoms with Crippen molar-refractivity contribution in [3.8, 4) is 0 Å². The van der Waals surface area contributed by atoms with Crippen LogP contribution in [0.4, 0.5) is 5.69 Å². The Hall–Kier alpha value is -3.95. The molecule has 4 aromatic rings. The first-order chi connectivity index (χ1) is 22.6. The van der Waals surface area contributed by atoms with E-state index in [0.717, 1.165) is 58.8 Å². The van der Waals surface area contributed by atoms with Crippen molar-refractivity contribution in [1.82, 2.24) is 10.2 Å². The summed E-state index contributed by atoms with van der Waals surface area (Å²) in [5.74, 6) is -0.694. The topological polar surface area (TPSA) is 86.8 Å². The van der Waals surface area contributed by atoms with Gasteiger partial charge >= 0.3 is 0 Å². The molecule has 7 nitrogen and oxygen atoms in total. The van der Waals surface area contributed by atoms with Crippen molar-refractivity contribution in [2.45, 2.75) is 75.9 Å². The lowest BCUT2D eigenvalue weighted by Gasteiger charge is -2.35. The third-order valence-corrected chi connectivity index (χ3v) is 11.2. The van der Waals surface area contributed by atoms with Crippen LogP contribution in [-0.2, 0) is 32.6 Å². The third kappa shape index (κ3) is 8.90. The summed E-state index contributed by atoms with van der Waals surface area (Å²) in [6.45, 7) is 3.53. The SMILES string of the molecule is Cc1ccc(N(CC(=O)N(Cc2ccc(Br)cc2)[C@@H](Cc2ccccc2)C(=O)NC2CCCCC2)S(=O)(=O)c2ccccc2)cc1C. The molecule has 1 aliphatic rings. The van der Waals surface area contributed by atoms with Gasteiger partial charge in [0, 0.05) is 23.5 Å². The summed E-state index contributed by atoms with van der Waals surface area (Å²) >= 11 is 3.49. The molecular formula is C38H42BrN3O4S. The summed E-state index contributed by atoms with van der Waals surface area (Å²) in [5.41, 5.74) is 4.04. The van der Waals surface area contributed by atoms with Gasteiger partial charge in [-0.25, -0.2) is 8.42 Å². The van der Waals surface area contributed by atoms with Crippen LogP contribution < -0.4 is 9.62 Å². The lowest BCUT2D eigenvalue weighted by molar-refractivity contribution is -0.140. The number of benzene rings is 4. The minimum absolute atomic E-state index is 0.0460. The average Bonchev–Trinajstić information content (AvgIpc) is 3.08. The molecule has 1 saturated carbocycles. The van der Waals surface area contributed by atoms with E-state index in [-0.39, 0.29) is 29.8 Å². The Morgan fingerprint density at radius 1 is 0.809 bits per heavy atom. The highest BCUT2D eigenvalue weighted by molar-refractivity contribution is 9.10. The van der Waals surface area contributed by atoms with Gasteiger partial charge < -0.3 is 10.2 Å². The quantitative estimate of drug-likeness (QED) is 0.166. The zero-order valence-electron chi connectivity index (χ0n) is 26.9. The molecule has 0 spiro atoms. The van der Waals surface area contributed by atoms with Gasteiger partial charge in [-0.2, -0.15) is 0 Å². The fourth-order valence-corrected chi connectivity index (χ4v) is 7.71. The first kappa shape index (κ1) is 34.4. The van der Waals surface area contributed by atoms with Crippen LogP contribution in [0.5, 0.6) is 0 Å². The molecule has 4 aromatic carbocycles. The van der Waals surface area contributed by atoms with Crippen LogP contribution in [0.25, 0.3) is 0 Å². The van der Waals surface area contributed by atoms with Crippen molar-refractivity contribution in [3.05, 3.63) is 130 Å². The Kier molecular flexibility index (Phi) is 11.5. The number of carbonyl (C=O) groups excluding carboxylic acids is 2. The molecule has 0 aliphatic heterocycles. The molecule has 1 N–H and O–H groups in total. The number of halogens is 1. The van der Waals surface area contributed by atoms with Crippen LogP contribution in [-0.4, -0.2) is 43.8 Å². The van der Waals surface area contributed by atoms with Crippen molar-refractivity contribution >= 4 is 43.5 Å². The number of sulfonamides is 1. The predicted molar refractivity (Wildman–Crippen MR) is 191 cm³/mol. The number of rotatable bonds is 12. The molecule has 0 unspecified atom stereocenters. The van der Waals surface area contributed by atoms with E-state index in [1.807, 2.05) is 74.5 Å². The van der Waals surface area contributed by atoms with Crippen LogP contribution in [0.15, 0.2) is 112 Å². The number of carbonyl (C=O) groups is 2. The maximum atomic E-state index is 14.7. The van der Waals surface area contributed by atoms with Crippen molar-refractivity contribution in [1.29, 1.82) is 0 Å². The first-order valence-electron chi connectivity index (χ1n) is 16.1. The molecule has 0 saturated heterocycles. The lowest BCUT2D eigenvalue weighted by Crippen LogP contribution is -2.55. The standard InChI is InChI=1S/C38H42BrN3O4S/c1-28-18-23-34(24-29(28)2)42(47(45,46)35-16-10-5-11-17-35)27-37(43)41(26-31-19-21-32(39)22-20-31)36(25-30-12-6-3-7-13-30)38(44)40-33-14-8-4-9-15-33/h3,5-7,10-13,16-24,33,36H,4,8-9,14-15,25-27H2,1-2H3,(H,40,44)/t36-/m0/s1. The van der Waals surface area contributed by atoms with Gasteiger partial charge in [0.15, 0.2) is 0 Å². The van der Waals surface area contributed by atoms with Gasteiger partial charge in [-0.1, -0.05) is 102 Å². The van der Waals surface area contributed by atoms with Crippen LogP contribution in [0.2, 0.25) is 0 Å². The Morgan fingerprint density at radius 2 is 1.45 bits per heavy atom. The smallest absolute Gasteiger partial charge is 0.264 e. The molecular weight excluding hydrogens is 674 g/mol. The zero-order chi connectivity index (χ0) is 33.4. The number of nitrogens with one attached hydrogen (secondary N) is 1. The molecule has 0 radical (unpaired) electrons. The summed E-state index contributed by atoms with van der Waals surface area (Å²) in [6.07, 6.45) is 5.35. The summed E-state index contributed by atoms with van der Waals surface area (Å²) in [7, 11) is -4.14. The van der Waals surface area contributed by atoms with Crippen molar-refractivity contribution in [2.75, 3.05) is 10.8 Å². The van der Waals surface area contributed by atoms with E-state index >= 15 is 0 Å². The second kappa shape index (κ2) is 15.8. The van der Waals surface area contributed by atoms with Gasteiger partial charge in [0.2, 0.25) is 11.8 Å². The summed E-state index contributed by atoms with van der Waals surface area (Å²) in [6, 6.07) is 30.0. The maximum Gasteiger partial charge on any atom is 0.264 e. The second-order valence-electron chi connectivity index (χ2n) is 12.3. The van der Waals surface area contributed by atoms with E-state index in [1.54, 1.807) is 35.2 Å². The molecule has 1 atom stereocenters. The van der Waals surface area contributed by atoms with E-state index in [0.29, 0.717) is 5.69 Å². The third-order valence-electron chi connectivity index (χ3n) is 8.88. The highest BCUT2D eigenvalue weighted by atomic mass is 79.9. The minimum atomic E-state index is -4.14. The summed E-state index contributed by atoms with van der Waals surface area (Å²) < 4.78 is 30.5. The molecule has 2 amide bonds. The van der Waals surface area contributed by atoms with E-state index in [4.69, 9.17) is 0 Å². The van der Waals surface area contributed by atoms with Gasteiger partial charge in [-0.05, 0) is 85.3 Å². The highest BCUT2D eigenvalue weighted by Gasteiger charge is 2.35. The van der Waals surface area contributed by atoms with Crippen LogP contribution >= 0.6 is 15.9 Å². The van der Waals surface area contributed by atoms with E-state index in [9.17, 15) is 18.0 Å². The number of nitrogens with zero attached hydrogens (tertiary/aromatic N) is 2. The average molecular weight is 717 g/mol. The van der Waals surface area contributed by atoms with Crippen LogP contribution in [0, 0.1) is 13.8 Å². The zero-order valence-corrected chi connectivity index (χ0v) is 29.3. The largest absolute Gasteiger partial charge is 0.352 e. The summed E-state index contributed by atoms with van der Waals surface area (Å²) in [4.78, 5) is 30.5. The monoisotopic (exact) mass is 715 g/mol. The van der Waals surface area contributed by atoms with E-state index in [1.165, 1.54) is 16.4 Å². The Bertz CT molecular complexity index is 1760. The number of amides is 2. The lowest BCUT2D eigenvalue weighted by atomic mass is 9.94. The van der Waals surface area contributed by atoms with Gasteiger partial charge in [-0.3, -0.25) is 13.9 Å². The fraction of sp³-hybridized carbons (Fsp3) is 0.316. The Morgan fingerprint density at radius 3 is 2.09 bits per heavy atom. The number of anilines is 1. The Balaban J connectivity index is 1.56. The molecule has 1 fully saturated rings. The number of hydrogen-bond acceptors (Lipinski definition) is 4. The molecule has 0 aromatic heterocycles. The maximum absolute atomic E-state index is 14.7. The summed E-state index contributed by atoms with van der Waals surface area (Å²) in [5, 5.41) is 3.25. The van der Waals surface area contributed by atoms with Gasteiger partial charge in [0.05, 0.1) is 10.6 Å². The van der Waals surface area contributed by atoms with Gasteiger partial charge in [-0.15, -0.1) is 0 Å². The van der Waals surface area contributed by atoms with Crippen molar-refractivity contribution < 1.29 is 18.0 Å². The van der Waals surface area contributed by atoms with E-state index in [2.05, 4.69) is 21.2 Å². The predicted octanol–water partition coefficient (Wildman–Crippen LogP) is 7.35. The van der Waals surface area contributed by atoms with Crippen LogP contribution in [0.1, 0.15) is 54.4 Å². The molecule has 9 heteroatoms. The molecule has 0 heterocycles. The normalized spacial score (nSPS) is 14.3. The van der Waals surface area contributed by atoms with Gasteiger partial charge in [0.1, 0.15) is 12.6 Å². The molecule has 5 rings (SSSR count). The minimum Gasteiger partial charge on any atom is -0.352 e. The number of hydrogen-bond donors (Lipinski definition) is 1. The molecule has 0 bridgehead atoms. The highest BCUT2D eigenvalue weighted by Crippen LogP contribution is 2.27. The second-order valence-corrected chi connectivity index (χ2v) is 15.1. The first-order valence-corrected chi connectivity index (χ1v) is 18.4. The Labute approximate surface area is 287 Å². The molecule has 246 valence electrons. The molecule has 1 aliphatic carbocycles. The van der Waals surface area contributed by atoms with Crippen molar-refractivity contribution in [2.24, 2.45) is 0 Å².